The van der Waals surface area contributed by atoms with Crippen LogP contribution in [0.3, 0.4) is 0 Å². The van der Waals surface area contributed by atoms with Crippen LogP contribution in [0, 0.1) is 6.92 Å². The van der Waals surface area contributed by atoms with E-state index in [4.69, 9.17) is 9.51 Å². The van der Waals surface area contributed by atoms with Crippen LogP contribution < -0.4 is 5.56 Å². The molecule has 1 atom stereocenters. The van der Waals surface area contributed by atoms with Crippen molar-refractivity contribution in [1.82, 2.24) is 24.4 Å². The summed E-state index contributed by atoms with van der Waals surface area (Å²) in [4.78, 5) is 24.0. The SMILES string of the molecule is Cc1cccn2c(=O)cc(CN3CCCC3c3noc(C(C)C)n3)nc12. The maximum Gasteiger partial charge on any atom is 0.258 e. The lowest BCUT2D eigenvalue weighted by atomic mass is 10.2. The van der Waals surface area contributed by atoms with Crippen molar-refractivity contribution in [1.29, 1.82) is 0 Å². The van der Waals surface area contributed by atoms with Crippen LogP contribution in [0.2, 0.25) is 0 Å². The normalized spacial score (nSPS) is 18.2. The molecule has 1 aliphatic rings. The number of hydrogen-bond donors (Lipinski definition) is 0. The Morgan fingerprint density at radius 3 is 2.96 bits per heavy atom. The molecule has 1 unspecified atom stereocenters. The van der Waals surface area contributed by atoms with Crippen molar-refractivity contribution in [2.75, 3.05) is 6.54 Å². The van der Waals surface area contributed by atoms with E-state index in [1.54, 1.807) is 16.7 Å². The van der Waals surface area contributed by atoms with E-state index in [2.05, 4.69) is 15.0 Å². The maximum atomic E-state index is 12.4. The van der Waals surface area contributed by atoms with Gasteiger partial charge in [-0.2, -0.15) is 4.98 Å². The minimum absolute atomic E-state index is 0.0499. The molecule has 26 heavy (non-hydrogen) atoms. The monoisotopic (exact) mass is 353 g/mol. The Bertz CT molecular complexity index is 991. The molecule has 4 rings (SSSR count). The molecule has 0 amide bonds. The summed E-state index contributed by atoms with van der Waals surface area (Å²) in [5.41, 5.74) is 2.44. The average molecular weight is 353 g/mol. The first-order valence-corrected chi connectivity index (χ1v) is 9.08. The summed E-state index contributed by atoms with van der Waals surface area (Å²) in [7, 11) is 0. The van der Waals surface area contributed by atoms with E-state index >= 15 is 0 Å². The van der Waals surface area contributed by atoms with Crippen molar-refractivity contribution >= 4 is 5.65 Å². The van der Waals surface area contributed by atoms with Crippen LogP contribution in [0.1, 0.15) is 61.6 Å². The Hall–Kier alpha value is -2.54. The fourth-order valence-electron chi connectivity index (χ4n) is 3.52. The van der Waals surface area contributed by atoms with Crippen molar-refractivity contribution in [2.45, 2.75) is 52.1 Å². The van der Waals surface area contributed by atoms with Gasteiger partial charge in [-0.15, -0.1) is 0 Å². The van der Waals surface area contributed by atoms with Gasteiger partial charge in [0.25, 0.3) is 5.56 Å². The average Bonchev–Trinajstić information content (AvgIpc) is 3.25. The van der Waals surface area contributed by atoms with E-state index in [-0.39, 0.29) is 17.5 Å². The van der Waals surface area contributed by atoms with Crippen LogP contribution in [0.25, 0.3) is 5.65 Å². The quantitative estimate of drug-likeness (QED) is 0.718. The first-order chi connectivity index (χ1) is 12.5. The van der Waals surface area contributed by atoms with E-state index in [0.29, 0.717) is 18.1 Å². The second-order valence-corrected chi connectivity index (χ2v) is 7.24. The zero-order chi connectivity index (χ0) is 18.3. The van der Waals surface area contributed by atoms with Gasteiger partial charge in [0.2, 0.25) is 5.89 Å². The van der Waals surface area contributed by atoms with E-state index in [9.17, 15) is 4.79 Å². The summed E-state index contributed by atoms with van der Waals surface area (Å²) < 4.78 is 6.96. The van der Waals surface area contributed by atoms with Crippen molar-refractivity contribution in [2.24, 2.45) is 0 Å². The molecule has 1 saturated heterocycles. The first kappa shape index (κ1) is 16.9. The Balaban J connectivity index is 1.62. The highest BCUT2D eigenvalue weighted by Gasteiger charge is 2.30. The van der Waals surface area contributed by atoms with Crippen LogP contribution in [0.4, 0.5) is 0 Å². The smallest absolute Gasteiger partial charge is 0.258 e. The number of aromatic nitrogens is 4. The molecule has 3 aromatic heterocycles. The van der Waals surface area contributed by atoms with Gasteiger partial charge >= 0.3 is 0 Å². The Labute approximate surface area is 151 Å². The predicted molar refractivity (Wildman–Crippen MR) is 97.0 cm³/mol. The zero-order valence-electron chi connectivity index (χ0n) is 15.3. The molecule has 4 heterocycles. The van der Waals surface area contributed by atoms with Crippen molar-refractivity contribution in [3.05, 3.63) is 57.7 Å². The molecule has 0 aromatic carbocycles. The van der Waals surface area contributed by atoms with E-state index in [0.717, 1.165) is 36.5 Å². The van der Waals surface area contributed by atoms with Gasteiger partial charge in [-0.25, -0.2) is 4.98 Å². The fraction of sp³-hybridized carbons (Fsp3) is 0.474. The highest BCUT2D eigenvalue weighted by atomic mass is 16.5. The molecule has 136 valence electrons. The Morgan fingerprint density at radius 2 is 2.19 bits per heavy atom. The number of pyridine rings is 1. The lowest BCUT2D eigenvalue weighted by molar-refractivity contribution is 0.231. The molecular weight excluding hydrogens is 330 g/mol. The number of nitrogens with zero attached hydrogens (tertiary/aromatic N) is 5. The van der Waals surface area contributed by atoms with Gasteiger partial charge in [-0.1, -0.05) is 25.1 Å². The molecule has 1 aliphatic heterocycles. The summed E-state index contributed by atoms with van der Waals surface area (Å²) in [5.74, 6) is 1.63. The largest absolute Gasteiger partial charge is 0.339 e. The van der Waals surface area contributed by atoms with Crippen LogP contribution in [-0.4, -0.2) is 31.0 Å². The van der Waals surface area contributed by atoms with Gasteiger partial charge in [0.05, 0.1) is 11.7 Å². The van der Waals surface area contributed by atoms with E-state index in [1.807, 2.05) is 32.9 Å². The molecule has 7 nitrogen and oxygen atoms in total. The highest BCUT2D eigenvalue weighted by molar-refractivity contribution is 5.46. The first-order valence-electron chi connectivity index (χ1n) is 9.08. The molecule has 0 aliphatic carbocycles. The lowest BCUT2D eigenvalue weighted by Crippen LogP contribution is -2.26. The molecule has 0 radical (unpaired) electrons. The number of aryl methyl sites for hydroxylation is 1. The van der Waals surface area contributed by atoms with Gasteiger partial charge in [-0.05, 0) is 37.9 Å². The van der Waals surface area contributed by atoms with Crippen molar-refractivity contribution in [3.8, 4) is 0 Å². The second kappa shape index (κ2) is 6.64. The predicted octanol–water partition coefficient (Wildman–Crippen LogP) is 2.85. The van der Waals surface area contributed by atoms with Crippen LogP contribution in [-0.2, 0) is 6.54 Å². The molecule has 0 spiro atoms. The molecule has 1 fully saturated rings. The molecule has 7 heteroatoms. The van der Waals surface area contributed by atoms with Gasteiger partial charge < -0.3 is 4.52 Å². The van der Waals surface area contributed by atoms with Gasteiger partial charge in [0, 0.05) is 24.7 Å². The van der Waals surface area contributed by atoms with E-state index < -0.39 is 0 Å². The molecular formula is C19H23N5O2. The summed E-state index contributed by atoms with van der Waals surface area (Å²) >= 11 is 0. The van der Waals surface area contributed by atoms with Crippen molar-refractivity contribution < 1.29 is 4.52 Å². The standard InChI is InChI=1S/C19H23N5O2/c1-12(2)19-21-17(22-26-19)15-7-5-8-23(15)11-14-10-16(25)24-9-4-6-13(3)18(24)20-14/h4,6,9-10,12,15H,5,7-8,11H2,1-3H3. The lowest BCUT2D eigenvalue weighted by Gasteiger charge is -2.21. The number of fused-ring (bicyclic) bond motifs is 1. The number of likely N-dealkylation sites (tertiary alicyclic amines) is 1. The van der Waals surface area contributed by atoms with Crippen LogP contribution in [0.15, 0.2) is 33.7 Å². The van der Waals surface area contributed by atoms with E-state index in [1.165, 1.54) is 0 Å². The van der Waals surface area contributed by atoms with Crippen LogP contribution in [0.5, 0.6) is 0 Å². The number of rotatable bonds is 4. The van der Waals surface area contributed by atoms with Crippen LogP contribution >= 0.6 is 0 Å². The minimum Gasteiger partial charge on any atom is -0.339 e. The van der Waals surface area contributed by atoms with Crippen molar-refractivity contribution in [3.63, 3.8) is 0 Å². The summed E-state index contributed by atoms with van der Waals surface area (Å²) in [6.45, 7) is 7.59. The minimum atomic E-state index is -0.0499. The maximum absolute atomic E-state index is 12.4. The summed E-state index contributed by atoms with van der Waals surface area (Å²) in [5, 5.41) is 4.18. The third-order valence-electron chi connectivity index (χ3n) is 4.92. The zero-order valence-corrected chi connectivity index (χ0v) is 15.3. The Morgan fingerprint density at radius 1 is 1.35 bits per heavy atom. The third-order valence-corrected chi connectivity index (χ3v) is 4.92. The summed E-state index contributed by atoms with van der Waals surface area (Å²) in [6, 6.07) is 5.57. The Kier molecular flexibility index (Phi) is 4.32. The fourth-order valence-corrected chi connectivity index (χ4v) is 3.52. The molecule has 0 bridgehead atoms. The topological polar surface area (TPSA) is 76.5 Å². The van der Waals surface area contributed by atoms with Gasteiger partial charge in [0.1, 0.15) is 5.65 Å². The van der Waals surface area contributed by atoms with Gasteiger partial charge in [-0.3, -0.25) is 14.1 Å². The molecule has 3 aromatic rings. The molecule has 0 saturated carbocycles. The summed E-state index contributed by atoms with van der Waals surface area (Å²) in [6.07, 6.45) is 3.82. The highest BCUT2D eigenvalue weighted by Crippen LogP contribution is 2.31. The second-order valence-electron chi connectivity index (χ2n) is 7.24. The molecule has 0 N–H and O–H groups in total. The number of hydrogen-bond acceptors (Lipinski definition) is 6. The van der Waals surface area contributed by atoms with Gasteiger partial charge in [0.15, 0.2) is 5.82 Å². The third kappa shape index (κ3) is 3.03.